The topological polar surface area (TPSA) is 26.0 Å². The van der Waals surface area contributed by atoms with Gasteiger partial charge in [-0.05, 0) is 37.7 Å². The van der Waals surface area contributed by atoms with Crippen LogP contribution in [-0.2, 0) is 0 Å². The fourth-order valence-corrected chi connectivity index (χ4v) is 1.87. The highest BCUT2D eigenvalue weighted by Crippen LogP contribution is 2.20. The molecule has 0 spiro atoms. The lowest BCUT2D eigenvalue weighted by atomic mass is 10.0. The third-order valence-electron chi connectivity index (χ3n) is 2.94. The fraction of sp³-hybridized carbons (Fsp3) is 0.571. The van der Waals surface area contributed by atoms with Gasteiger partial charge in [-0.15, -0.1) is 0 Å². The van der Waals surface area contributed by atoms with Gasteiger partial charge in [-0.2, -0.15) is 0 Å². The van der Waals surface area contributed by atoms with Crippen LogP contribution in [0.2, 0.25) is 0 Å². The molecule has 0 saturated carbocycles. The van der Waals surface area contributed by atoms with Crippen LogP contribution in [0.4, 0.5) is 0 Å². The highest BCUT2D eigenvalue weighted by atomic mass is 14.6. The van der Waals surface area contributed by atoms with Gasteiger partial charge in [0.05, 0.1) is 0 Å². The molecule has 0 aromatic carbocycles. The third-order valence-corrected chi connectivity index (χ3v) is 2.94. The van der Waals surface area contributed by atoms with Crippen LogP contribution < -0.4 is 5.73 Å². The molecule has 0 aromatic rings. The molecule has 0 aromatic heterocycles. The maximum Gasteiger partial charge on any atom is 0.0302 e. The van der Waals surface area contributed by atoms with Crippen LogP contribution in [0.5, 0.6) is 0 Å². The summed E-state index contributed by atoms with van der Waals surface area (Å²) in [6.07, 6.45) is 11.5. The summed E-state index contributed by atoms with van der Waals surface area (Å²) in [5.41, 5.74) is 9.74. The van der Waals surface area contributed by atoms with E-state index in [4.69, 9.17) is 5.73 Å². The Bertz CT molecular complexity index is 294. The lowest BCUT2D eigenvalue weighted by Crippen LogP contribution is -2.01. The number of nitrogens with two attached hydrogens (primary N) is 1. The van der Waals surface area contributed by atoms with Gasteiger partial charge < -0.3 is 5.73 Å². The lowest BCUT2D eigenvalue weighted by molar-refractivity contribution is 0.728. The maximum atomic E-state index is 6.00. The molecule has 1 unspecified atom stereocenters. The van der Waals surface area contributed by atoms with Crippen LogP contribution in [0.15, 0.2) is 35.1 Å². The molecule has 0 aliphatic heterocycles. The van der Waals surface area contributed by atoms with Crippen LogP contribution in [-0.4, -0.2) is 0 Å². The van der Waals surface area contributed by atoms with E-state index in [2.05, 4.69) is 39.0 Å². The van der Waals surface area contributed by atoms with Crippen LogP contribution in [0.1, 0.15) is 46.5 Å². The van der Waals surface area contributed by atoms with Crippen molar-refractivity contribution in [3.63, 3.8) is 0 Å². The first-order chi connectivity index (χ1) is 7.13. The molecule has 0 saturated heterocycles. The molecule has 0 fully saturated rings. The second kappa shape index (κ2) is 5.79. The Balaban J connectivity index is 2.83. The number of hydrogen-bond donors (Lipinski definition) is 1. The van der Waals surface area contributed by atoms with Crippen molar-refractivity contribution in [1.29, 1.82) is 0 Å². The van der Waals surface area contributed by atoms with E-state index >= 15 is 0 Å². The molecule has 84 valence electrons. The van der Waals surface area contributed by atoms with Crippen molar-refractivity contribution in [2.24, 2.45) is 11.7 Å². The van der Waals surface area contributed by atoms with Crippen LogP contribution >= 0.6 is 0 Å². The second-order valence-electron chi connectivity index (χ2n) is 4.54. The summed E-state index contributed by atoms with van der Waals surface area (Å²) in [5.74, 6) is 0.554. The first-order valence-corrected chi connectivity index (χ1v) is 5.95. The van der Waals surface area contributed by atoms with E-state index < -0.39 is 0 Å². The first kappa shape index (κ1) is 12.1. The summed E-state index contributed by atoms with van der Waals surface area (Å²) in [4.78, 5) is 0. The van der Waals surface area contributed by atoms with Gasteiger partial charge in [0, 0.05) is 5.70 Å². The molecular weight excluding hydrogens is 182 g/mol. The van der Waals surface area contributed by atoms with Gasteiger partial charge in [0.2, 0.25) is 0 Å². The molecule has 2 N–H and O–H groups in total. The Hall–Kier alpha value is -0.980. The Morgan fingerprint density at radius 2 is 2.13 bits per heavy atom. The normalized spacial score (nSPS) is 33.5. The molecule has 1 aliphatic carbocycles. The van der Waals surface area contributed by atoms with E-state index in [1.54, 1.807) is 5.57 Å². The van der Waals surface area contributed by atoms with Crippen LogP contribution in [0.25, 0.3) is 0 Å². The molecule has 1 nitrogen and oxygen atoms in total. The van der Waals surface area contributed by atoms with E-state index in [9.17, 15) is 0 Å². The number of rotatable bonds is 2. The fourth-order valence-electron chi connectivity index (χ4n) is 1.87. The van der Waals surface area contributed by atoms with E-state index in [0.717, 1.165) is 18.5 Å². The molecule has 0 radical (unpaired) electrons. The summed E-state index contributed by atoms with van der Waals surface area (Å²) in [6.45, 7) is 6.57. The molecule has 1 aliphatic rings. The highest BCUT2D eigenvalue weighted by molar-refractivity contribution is 5.29. The standard InChI is InChI=1S/C14H23N/c1-4-5-13-8-6-11(2)10-14(15)12(3)7-9-13/h7-8,10-11H,4-6,9,15H2,1-3H3/b12-7-,13-8-,14-10-. The summed E-state index contributed by atoms with van der Waals surface area (Å²) in [6, 6.07) is 0. The van der Waals surface area contributed by atoms with Crippen LogP contribution in [0.3, 0.4) is 0 Å². The zero-order valence-electron chi connectivity index (χ0n) is 10.2. The van der Waals surface area contributed by atoms with E-state index in [-0.39, 0.29) is 0 Å². The summed E-state index contributed by atoms with van der Waals surface area (Å²) >= 11 is 0. The molecule has 0 heterocycles. The molecular formula is C14H23N. The summed E-state index contributed by atoms with van der Waals surface area (Å²) in [7, 11) is 0. The number of hydrogen-bond acceptors (Lipinski definition) is 1. The average Bonchev–Trinajstić information content (AvgIpc) is 2.25. The predicted molar refractivity (Wildman–Crippen MR) is 67.4 cm³/mol. The van der Waals surface area contributed by atoms with Gasteiger partial charge in [0.15, 0.2) is 0 Å². The molecule has 1 atom stereocenters. The zero-order valence-corrected chi connectivity index (χ0v) is 10.2. The molecule has 15 heavy (non-hydrogen) atoms. The van der Waals surface area contributed by atoms with Gasteiger partial charge in [-0.3, -0.25) is 0 Å². The van der Waals surface area contributed by atoms with Gasteiger partial charge in [0.1, 0.15) is 0 Å². The second-order valence-corrected chi connectivity index (χ2v) is 4.54. The number of allylic oxidation sites excluding steroid dienone is 5. The van der Waals surface area contributed by atoms with E-state index in [1.807, 2.05) is 0 Å². The minimum Gasteiger partial charge on any atom is -0.399 e. The van der Waals surface area contributed by atoms with Gasteiger partial charge in [0.25, 0.3) is 0 Å². The first-order valence-electron chi connectivity index (χ1n) is 5.95. The van der Waals surface area contributed by atoms with Crippen molar-refractivity contribution >= 4 is 0 Å². The van der Waals surface area contributed by atoms with Crippen molar-refractivity contribution in [2.45, 2.75) is 46.5 Å². The van der Waals surface area contributed by atoms with E-state index in [0.29, 0.717) is 5.92 Å². The Labute approximate surface area is 93.7 Å². The van der Waals surface area contributed by atoms with Crippen molar-refractivity contribution in [3.8, 4) is 0 Å². The van der Waals surface area contributed by atoms with Crippen LogP contribution in [0, 0.1) is 5.92 Å². The van der Waals surface area contributed by atoms with Crippen molar-refractivity contribution < 1.29 is 0 Å². The SMILES string of the molecule is CCC/C1=C/CC(C)/C=C(N)/C(C)=C\C1. The maximum absolute atomic E-state index is 6.00. The zero-order chi connectivity index (χ0) is 11.3. The van der Waals surface area contributed by atoms with Gasteiger partial charge in [-0.1, -0.05) is 44.1 Å². The third kappa shape index (κ3) is 3.94. The quantitative estimate of drug-likeness (QED) is 0.679. The highest BCUT2D eigenvalue weighted by Gasteiger charge is 2.04. The summed E-state index contributed by atoms with van der Waals surface area (Å²) < 4.78 is 0. The van der Waals surface area contributed by atoms with E-state index in [1.165, 1.54) is 18.4 Å². The molecule has 0 amide bonds. The Morgan fingerprint density at radius 1 is 1.40 bits per heavy atom. The minimum atomic E-state index is 0.554. The van der Waals surface area contributed by atoms with Gasteiger partial charge >= 0.3 is 0 Å². The largest absolute Gasteiger partial charge is 0.399 e. The van der Waals surface area contributed by atoms with Crippen molar-refractivity contribution in [3.05, 3.63) is 35.1 Å². The van der Waals surface area contributed by atoms with Crippen molar-refractivity contribution in [1.82, 2.24) is 0 Å². The predicted octanol–water partition coefficient (Wildman–Crippen LogP) is 3.93. The monoisotopic (exact) mass is 205 g/mol. The Kier molecular flexibility index (Phi) is 4.67. The summed E-state index contributed by atoms with van der Waals surface area (Å²) in [5, 5.41) is 0. The van der Waals surface area contributed by atoms with Crippen molar-refractivity contribution in [2.75, 3.05) is 0 Å². The van der Waals surface area contributed by atoms with Gasteiger partial charge in [-0.25, -0.2) is 0 Å². The lowest BCUT2D eigenvalue weighted by Gasteiger charge is -2.05. The Morgan fingerprint density at radius 3 is 2.80 bits per heavy atom. The minimum absolute atomic E-state index is 0.554. The molecule has 1 rings (SSSR count). The smallest absolute Gasteiger partial charge is 0.0302 e. The average molecular weight is 205 g/mol. The molecule has 0 bridgehead atoms. The molecule has 1 heteroatoms.